The number of nitro groups is 1. The molecule has 148 valence electrons. The predicted octanol–water partition coefficient (Wildman–Crippen LogP) is 3.25. The van der Waals surface area contributed by atoms with Crippen molar-refractivity contribution in [1.29, 1.82) is 0 Å². The Kier molecular flexibility index (Phi) is 6.96. The Labute approximate surface area is 158 Å². The van der Waals surface area contributed by atoms with Crippen LogP contribution >= 0.6 is 0 Å². The van der Waals surface area contributed by atoms with E-state index in [0.717, 1.165) is 12.1 Å². The van der Waals surface area contributed by atoms with Gasteiger partial charge in [-0.15, -0.1) is 0 Å². The van der Waals surface area contributed by atoms with E-state index in [1.54, 1.807) is 6.07 Å². The Morgan fingerprint density at radius 1 is 1.18 bits per heavy atom. The number of carbonyl (C=O) groups excluding carboxylic acids is 2. The van der Waals surface area contributed by atoms with Crippen molar-refractivity contribution >= 4 is 28.9 Å². The average molecular weight is 393 g/mol. The fourth-order valence-electron chi connectivity index (χ4n) is 2.22. The van der Waals surface area contributed by atoms with E-state index in [0.29, 0.717) is 6.07 Å². The minimum Gasteiger partial charge on any atom is -0.452 e. The maximum Gasteiger partial charge on any atom is 0.308 e. The minimum absolute atomic E-state index is 0.0462. The summed E-state index contributed by atoms with van der Waals surface area (Å²) in [6.45, 7) is 1.34. The van der Waals surface area contributed by atoms with Gasteiger partial charge in [-0.1, -0.05) is 12.1 Å². The van der Waals surface area contributed by atoms with E-state index in [1.165, 1.54) is 25.1 Å². The number of carbonyl (C=O) groups is 2. The Bertz CT molecular complexity index is 891. The molecule has 0 spiro atoms. The number of benzene rings is 2. The van der Waals surface area contributed by atoms with Crippen LogP contribution in [-0.2, 0) is 14.3 Å². The lowest BCUT2D eigenvalue weighted by Crippen LogP contribution is -2.30. The monoisotopic (exact) mass is 393 g/mol. The zero-order valence-corrected chi connectivity index (χ0v) is 14.8. The number of esters is 1. The molecule has 0 radical (unpaired) electrons. The average Bonchev–Trinajstić information content (AvgIpc) is 2.64. The summed E-state index contributed by atoms with van der Waals surface area (Å²) in [5.74, 6) is -3.26. The van der Waals surface area contributed by atoms with Gasteiger partial charge in [0.25, 0.3) is 11.6 Å². The lowest BCUT2D eigenvalue weighted by atomic mass is 10.2. The predicted molar refractivity (Wildman–Crippen MR) is 96.7 cm³/mol. The first-order valence-electron chi connectivity index (χ1n) is 8.20. The summed E-state index contributed by atoms with van der Waals surface area (Å²) in [5, 5.41) is 15.9. The number of halogens is 2. The van der Waals surface area contributed by atoms with Crippen LogP contribution in [0.15, 0.2) is 42.5 Å². The van der Waals surface area contributed by atoms with Crippen LogP contribution in [0.1, 0.15) is 13.3 Å². The molecule has 28 heavy (non-hydrogen) atoms. The quantitative estimate of drug-likeness (QED) is 0.405. The number of amides is 1. The molecule has 0 saturated carbocycles. The van der Waals surface area contributed by atoms with E-state index in [4.69, 9.17) is 4.74 Å². The summed E-state index contributed by atoms with van der Waals surface area (Å²) in [7, 11) is 0. The third-order valence-electron chi connectivity index (χ3n) is 3.61. The summed E-state index contributed by atoms with van der Waals surface area (Å²) >= 11 is 0. The Morgan fingerprint density at radius 3 is 2.57 bits per heavy atom. The van der Waals surface area contributed by atoms with Crippen LogP contribution in [0.25, 0.3) is 0 Å². The van der Waals surface area contributed by atoms with E-state index in [9.17, 15) is 28.5 Å². The van der Waals surface area contributed by atoms with Crippen molar-refractivity contribution in [2.75, 3.05) is 17.2 Å². The molecule has 1 atom stereocenters. The van der Waals surface area contributed by atoms with Crippen molar-refractivity contribution in [3.05, 3.63) is 64.2 Å². The summed E-state index contributed by atoms with van der Waals surface area (Å²) in [6, 6.07) is 8.58. The van der Waals surface area contributed by atoms with Gasteiger partial charge in [0, 0.05) is 18.7 Å². The summed E-state index contributed by atoms with van der Waals surface area (Å²) in [4.78, 5) is 34.2. The number of ether oxygens (including phenoxy) is 1. The Morgan fingerprint density at radius 2 is 1.89 bits per heavy atom. The van der Waals surface area contributed by atoms with Gasteiger partial charge < -0.3 is 15.4 Å². The molecule has 1 amide bonds. The normalized spacial score (nSPS) is 11.4. The molecule has 0 heterocycles. The second-order valence-electron chi connectivity index (χ2n) is 5.70. The first-order valence-corrected chi connectivity index (χ1v) is 8.20. The zero-order valence-electron chi connectivity index (χ0n) is 14.8. The smallest absolute Gasteiger partial charge is 0.308 e. The van der Waals surface area contributed by atoms with E-state index in [2.05, 4.69) is 10.6 Å². The largest absolute Gasteiger partial charge is 0.452 e. The third-order valence-corrected chi connectivity index (χ3v) is 3.61. The molecule has 8 nitrogen and oxygen atoms in total. The number of para-hydroxylation sites is 2. The van der Waals surface area contributed by atoms with Crippen molar-refractivity contribution in [3.63, 3.8) is 0 Å². The van der Waals surface area contributed by atoms with Crippen molar-refractivity contribution < 1.29 is 28.0 Å². The molecule has 0 aromatic heterocycles. The molecule has 0 aliphatic rings. The van der Waals surface area contributed by atoms with Crippen LogP contribution < -0.4 is 10.6 Å². The molecule has 10 heteroatoms. The number of nitro benzene ring substituents is 1. The molecular weight excluding hydrogens is 376 g/mol. The van der Waals surface area contributed by atoms with Crippen LogP contribution in [0.4, 0.5) is 25.8 Å². The SMILES string of the molecule is CC(OC(=O)CCNc1ccccc1[N+](=O)[O-])C(=O)Nc1ccc(F)cc1F. The molecule has 2 aromatic carbocycles. The molecule has 0 fully saturated rings. The van der Waals surface area contributed by atoms with Gasteiger partial charge in [-0.25, -0.2) is 8.78 Å². The summed E-state index contributed by atoms with van der Waals surface area (Å²) in [6.07, 6.45) is -1.38. The first kappa shape index (κ1) is 20.7. The highest BCUT2D eigenvalue weighted by atomic mass is 19.1. The van der Waals surface area contributed by atoms with Gasteiger partial charge in [-0.2, -0.15) is 0 Å². The van der Waals surface area contributed by atoms with Gasteiger partial charge in [-0.05, 0) is 25.1 Å². The standard InChI is InChI=1S/C18H17F2N3O5/c1-11(18(25)22-14-7-6-12(19)10-13(14)20)28-17(24)8-9-21-15-4-2-3-5-16(15)23(26)27/h2-7,10-11,21H,8-9H2,1H3,(H,22,25). The maximum absolute atomic E-state index is 13.5. The second kappa shape index (κ2) is 9.40. The number of hydrogen-bond donors (Lipinski definition) is 2. The van der Waals surface area contributed by atoms with Gasteiger partial charge >= 0.3 is 5.97 Å². The molecule has 0 saturated heterocycles. The molecule has 0 aliphatic carbocycles. The lowest BCUT2D eigenvalue weighted by Gasteiger charge is -2.14. The molecule has 2 aromatic rings. The van der Waals surface area contributed by atoms with Crippen LogP contribution in [0.3, 0.4) is 0 Å². The Balaban J connectivity index is 1.82. The van der Waals surface area contributed by atoms with E-state index in [1.807, 2.05) is 0 Å². The Hall–Kier alpha value is -3.56. The van der Waals surface area contributed by atoms with E-state index < -0.39 is 34.5 Å². The van der Waals surface area contributed by atoms with Gasteiger partial charge in [-0.3, -0.25) is 19.7 Å². The third kappa shape index (κ3) is 5.73. The van der Waals surface area contributed by atoms with Crippen molar-refractivity contribution in [2.45, 2.75) is 19.4 Å². The molecular formula is C18H17F2N3O5. The van der Waals surface area contributed by atoms with Gasteiger partial charge in [0.2, 0.25) is 0 Å². The highest BCUT2D eigenvalue weighted by Gasteiger charge is 2.19. The fourth-order valence-corrected chi connectivity index (χ4v) is 2.22. The van der Waals surface area contributed by atoms with Crippen LogP contribution in [-0.4, -0.2) is 29.4 Å². The van der Waals surface area contributed by atoms with Gasteiger partial charge in [0.05, 0.1) is 17.0 Å². The zero-order chi connectivity index (χ0) is 20.7. The number of nitrogens with one attached hydrogen (secondary N) is 2. The van der Waals surface area contributed by atoms with Crippen LogP contribution in [0, 0.1) is 21.7 Å². The second-order valence-corrected chi connectivity index (χ2v) is 5.70. The van der Waals surface area contributed by atoms with Crippen molar-refractivity contribution in [1.82, 2.24) is 0 Å². The number of anilines is 2. The molecule has 2 rings (SSSR count). The molecule has 0 bridgehead atoms. The first-order chi connectivity index (χ1) is 13.3. The number of hydrogen-bond acceptors (Lipinski definition) is 6. The molecule has 0 aliphatic heterocycles. The highest BCUT2D eigenvalue weighted by Crippen LogP contribution is 2.23. The number of nitrogens with zero attached hydrogens (tertiary/aromatic N) is 1. The maximum atomic E-state index is 13.5. The van der Waals surface area contributed by atoms with Crippen molar-refractivity contribution in [3.8, 4) is 0 Å². The fraction of sp³-hybridized carbons (Fsp3) is 0.222. The van der Waals surface area contributed by atoms with E-state index in [-0.39, 0.29) is 30.0 Å². The number of rotatable bonds is 8. The topological polar surface area (TPSA) is 111 Å². The van der Waals surface area contributed by atoms with Crippen LogP contribution in [0.2, 0.25) is 0 Å². The summed E-state index contributed by atoms with van der Waals surface area (Å²) < 4.78 is 31.3. The lowest BCUT2D eigenvalue weighted by molar-refractivity contribution is -0.384. The highest BCUT2D eigenvalue weighted by molar-refractivity contribution is 5.95. The molecule has 1 unspecified atom stereocenters. The van der Waals surface area contributed by atoms with Gasteiger partial charge in [0.15, 0.2) is 6.10 Å². The minimum atomic E-state index is -1.22. The summed E-state index contributed by atoms with van der Waals surface area (Å²) in [5.41, 5.74) is -0.129. The van der Waals surface area contributed by atoms with Gasteiger partial charge in [0.1, 0.15) is 17.3 Å². The van der Waals surface area contributed by atoms with E-state index >= 15 is 0 Å². The van der Waals surface area contributed by atoms with Crippen molar-refractivity contribution in [2.24, 2.45) is 0 Å². The molecule has 2 N–H and O–H groups in total. The van der Waals surface area contributed by atoms with Crippen LogP contribution in [0.5, 0.6) is 0 Å².